The Morgan fingerprint density at radius 1 is 1.00 bits per heavy atom. The minimum atomic E-state index is 0. The van der Waals surface area contributed by atoms with Crippen LogP contribution in [0.15, 0.2) is 18.2 Å². The smallest absolute Gasteiger partial charge is 1.00 e. The Morgan fingerprint density at radius 2 is 1.33 bits per heavy atom. The van der Waals surface area contributed by atoms with E-state index in [0.717, 1.165) is 0 Å². The van der Waals surface area contributed by atoms with Gasteiger partial charge in [-0.2, -0.15) is 29.3 Å². The molecule has 1 aromatic rings. The first-order valence-electron chi connectivity index (χ1n) is 3.62. The van der Waals surface area contributed by atoms with Crippen LogP contribution in [0.5, 0.6) is 0 Å². The van der Waals surface area contributed by atoms with Gasteiger partial charge in [0.15, 0.2) is 0 Å². The van der Waals surface area contributed by atoms with Gasteiger partial charge in [-0.15, -0.1) is 0 Å². The molecule has 0 aliphatic heterocycles. The van der Waals surface area contributed by atoms with E-state index in [1.54, 1.807) is 0 Å². The topological polar surface area (TPSA) is 0 Å². The van der Waals surface area contributed by atoms with Gasteiger partial charge in [-0.3, -0.25) is 0 Å². The first-order valence-corrected chi connectivity index (χ1v) is 3.62. The van der Waals surface area contributed by atoms with E-state index in [1.165, 1.54) is 24.0 Å². The average molecular weight is 240 g/mol. The fraction of sp³-hybridized carbons (Fsp3) is 0.444. The number of hydrogen-bond acceptors (Lipinski definition) is 0. The summed E-state index contributed by atoms with van der Waals surface area (Å²) in [6.45, 7) is 4.41. The zero-order chi connectivity index (χ0) is 6.69. The van der Waals surface area contributed by atoms with E-state index in [4.69, 9.17) is 0 Å². The van der Waals surface area contributed by atoms with Crippen LogP contribution < -0.4 is 24.8 Å². The maximum atomic E-state index is 2.21. The van der Waals surface area contributed by atoms with Crippen molar-refractivity contribution in [1.82, 2.24) is 0 Å². The van der Waals surface area contributed by atoms with Crippen LogP contribution >= 0.6 is 0 Å². The van der Waals surface area contributed by atoms with Crippen molar-refractivity contribution < 1.29 is 46.5 Å². The molecule has 0 N–H and O–H groups in total. The molecule has 0 unspecified atom stereocenters. The summed E-state index contributed by atoms with van der Waals surface area (Å²) >= 11 is 0. The van der Waals surface area contributed by atoms with Gasteiger partial charge in [-0.25, -0.2) is 0 Å². The summed E-state index contributed by atoms with van der Waals surface area (Å²) in [7, 11) is 0. The molecule has 12 heavy (non-hydrogen) atoms. The Morgan fingerprint density at radius 3 is 1.58 bits per heavy atom. The minimum Gasteiger partial charge on any atom is -1.00 e. The predicted octanol–water partition coefficient (Wildman–Crippen LogP) is -3.46. The molecule has 0 spiro atoms. The monoisotopic (exact) mass is 239 g/mol. The van der Waals surface area contributed by atoms with Gasteiger partial charge in [0.1, 0.15) is 0 Å². The maximum Gasteiger partial charge on any atom is 3.00 e. The zero-order valence-corrected chi connectivity index (χ0v) is 10.5. The molecule has 3 heteroatoms. The molecule has 1 rings (SSSR count). The fourth-order valence-electron chi connectivity index (χ4n) is 1.18. The molecule has 1 aromatic carbocycles. The summed E-state index contributed by atoms with van der Waals surface area (Å²) in [5, 5.41) is 0. The van der Waals surface area contributed by atoms with Gasteiger partial charge < -0.3 is 24.8 Å². The normalized spacial score (nSPS) is 7.50. The van der Waals surface area contributed by atoms with Crippen LogP contribution in [-0.2, 0) is 34.6 Å². The molecule has 0 bridgehead atoms. The molecule has 0 saturated carbocycles. The van der Waals surface area contributed by atoms with E-state index >= 15 is 0 Å². The molecule has 0 aromatic heterocycles. The fourth-order valence-corrected chi connectivity index (χ4v) is 1.18. The summed E-state index contributed by atoms with van der Waals surface area (Å²) in [6, 6.07) is 6.55. The average Bonchev–Trinajstić information content (AvgIpc) is 2.33. The molecule has 0 aliphatic rings. The van der Waals surface area contributed by atoms with Crippen LogP contribution in [0.2, 0.25) is 0 Å². The molecule has 0 aliphatic carbocycles. The van der Waals surface area contributed by atoms with E-state index < -0.39 is 0 Å². The zero-order valence-electron chi connectivity index (χ0n) is 7.40. The van der Waals surface area contributed by atoms with Crippen LogP contribution in [0.3, 0.4) is 0 Å². The van der Waals surface area contributed by atoms with Gasteiger partial charge in [0.25, 0.3) is 0 Å². The van der Waals surface area contributed by atoms with Crippen molar-refractivity contribution in [1.29, 1.82) is 0 Å². The molecule has 0 heterocycles. The van der Waals surface area contributed by atoms with Gasteiger partial charge in [-0.05, 0) is 0 Å². The quantitative estimate of drug-likeness (QED) is 0.372. The minimum absolute atomic E-state index is 0. The van der Waals surface area contributed by atoms with Crippen molar-refractivity contribution in [3.05, 3.63) is 29.3 Å². The first-order chi connectivity index (χ1) is 4.38. The third-order valence-electron chi connectivity index (χ3n) is 1.77. The molecule has 0 atom stereocenters. The van der Waals surface area contributed by atoms with Crippen molar-refractivity contribution in [2.24, 2.45) is 0 Å². The first kappa shape index (κ1) is 18.4. The summed E-state index contributed by atoms with van der Waals surface area (Å²) in [5.41, 5.74) is 3.02. The van der Waals surface area contributed by atoms with Gasteiger partial charge in [0.05, 0.1) is 0 Å². The van der Waals surface area contributed by atoms with Gasteiger partial charge in [-0.1, -0.05) is 26.7 Å². The maximum absolute atomic E-state index is 2.21. The van der Waals surface area contributed by atoms with Crippen LogP contribution in [0.1, 0.15) is 25.0 Å². The Labute approximate surface area is 102 Å². The molecule has 67 valence electrons. The summed E-state index contributed by atoms with van der Waals surface area (Å²) < 4.78 is 0. The Bertz CT molecular complexity index is 166. The van der Waals surface area contributed by atoms with Crippen molar-refractivity contribution >= 4 is 0 Å². The van der Waals surface area contributed by atoms with E-state index in [-0.39, 0.29) is 46.5 Å². The van der Waals surface area contributed by atoms with Crippen LogP contribution in [0.25, 0.3) is 0 Å². The molecule has 0 fully saturated rings. The summed E-state index contributed by atoms with van der Waals surface area (Å²) in [4.78, 5) is 0. The van der Waals surface area contributed by atoms with E-state index in [1.807, 2.05) is 0 Å². The molecular weight excluding hydrogens is 227 g/mol. The van der Waals surface area contributed by atoms with Crippen molar-refractivity contribution in [3.8, 4) is 0 Å². The van der Waals surface area contributed by atoms with Crippen LogP contribution in [0, 0.1) is 0 Å². The number of aryl methyl sites for hydroxylation is 2. The predicted molar refractivity (Wildman–Crippen MR) is 40.8 cm³/mol. The third kappa shape index (κ3) is 4.62. The van der Waals surface area contributed by atoms with E-state index in [2.05, 4.69) is 32.0 Å². The van der Waals surface area contributed by atoms with Crippen molar-refractivity contribution in [2.75, 3.05) is 0 Å². The summed E-state index contributed by atoms with van der Waals surface area (Å²) in [5.74, 6) is 0. The van der Waals surface area contributed by atoms with Gasteiger partial charge in [0, 0.05) is 0 Å². The number of halogens is 2. The third-order valence-corrected chi connectivity index (χ3v) is 1.77. The molecular formula is C9H13Cl2Ti. The number of hydrogen-bond donors (Lipinski definition) is 0. The molecule has 0 saturated heterocycles. The van der Waals surface area contributed by atoms with Crippen LogP contribution in [-0.4, -0.2) is 0 Å². The second-order valence-corrected chi connectivity index (χ2v) is 2.28. The second-order valence-electron chi connectivity index (χ2n) is 2.28. The second kappa shape index (κ2) is 9.73. The van der Waals surface area contributed by atoms with Gasteiger partial charge in [0.2, 0.25) is 0 Å². The van der Waals surface area contributed by atoms with Gasteiger partial charge >= 0.3 is 21.7 Å². The SMILES string of the molecule is CCc1c[cH-]cc1CC.[Cl-].[Cl-].[Ti+3]. The molecule has 0 nitrogen and oxygen atoms in total. The summed E-state index contributed by atoms with van der Waals surface area (Å²) in [6.07, 6.45) is 2.35. The van der Waals surface area contributed by atoms with Crippen LogP contribution in [0.4, 0.5) is 0 Å². The Kier molecular flexibility index (Phi) is 14.9. The number of rotatable bonds is 2. The van der Waals surface area contributed by atoms with Crippen molar-refractivity contribution in [2.45, 2.75) is 26.7 Å². The Hall–Kier alpha value is 0.644. The molecule has 0 amide bonds. The molecule has 1 radical (unpaired) electrons. The largest absolute Gasteiger partial charge is 3.00 e. The Balaban J connectivity index is -0.000000270. The standard InChI is InChI=1S/C9H13.2ClH.Ti/c1-3-8-6-5-7-9(8)4-2;;;/h5-7H,3-4H2,1-2H3;2*1H;/q-1;;;+3/p-2. The van der Waals surface area contributed by atoms with Crippen molar-refractivity contribution in [3.63, 3.8) is 0 Å². The van der Waals surface area contributed by atoms with E-state index in [9.17, 15) is 0 Å². The van der Waals surface area contributed by atoms with E-state index in [0.29, 0.717) is 0 Å².